The fourth-order valence-corrected chi connectivity index (χ4v) is 6.71. The molecule has 17 heteroatoms. The minimum atomic E-state index is 0. The lowest BCUT2D eigenvalue weighted by Crippen LogP contribution is -2.34. The molecule has 2 fully saturated rings. The van der Waals surface area contributed by atoms with Gasteiger partial charge in [-0.3, -0.25) is 15.2 Å². The highest BCUT2D eigenvalue weighted by atomic mass is 35.5. The molecular formula is C32H51ClN8O2P2S4. The highest BCUT2D eigenvalue weighted by Gasteiger charge is 2.19. The van der Waals surface area contributed by atoms with Gasteiger partial charge in [-0.05, 0) is 139 Å². The van der Waals surface area contributed by atoms with Crippen molar-refractivity contribution in [1.29, 1.82) is 5.41 Å². The van der Waals surface area contributed by atoms with Gasteiger partial charge in [-0.15, -0.1) is 30.9 Å². The second kappa shape index (κ2) is 27.1. The molecule has 272 valence electrons. The minimum absolute atomic E-state index is 0. The number of hydrogen-bond donors (Lipinski definition) is 4. The van der Waals surface area contributed by atoms with Crippen LogP contribution in [0.3, 0.4) is 0 Å². The summed E-state index contributed by atoms with van der Waals surface area (Å²) in [4.78, 5) is 13.0. The van der Waals surface area contributed by atoms with E-state index in [1.807, 2.05) is 48.5 Å². The van der Waals surface area contributed by atoms with Crippen molar-refractivity contribution in [3.8, 4) is 11.5 Å². The van der Waals surface area contributed by atoms with Crippen LogP contribution in [0.25, 0.3) is 0 Å². The normalized spacial score (nSPS) is 15.6. The van der Waals surface area contributed by atoms with Gasteiger partial charge in [0.25, 0.3) is 0 Å². The number of aliphatic imine (C=N–C) groups is 2. The quantitative estimate of drug-likeness (QED) is 0.0746. The molecule has 49 heavy (non-hydrogen) atoms. The van der Waals surface area contributed by atoms with E-state index in [1.54, 1.807) is 0 Å². The van der Waals surface area contributed by atoms with Gasteiger partial charge in [-0.2, -0.15) is 9.98 Å². The number of amidine groups is 2. The Morgan fingerprint density at radius 2 is 1.33 bits per heavy atom. The van der Waals surface area contributed by atoms with Crippen LogP contribution < -0.4 is 26.3 Å². The molecule has 4 rings (SSSR count). The van der Waals surface area contributed by atoms with Gasteiger partial charge in [-0.25, -0.2) is 0 Å². The van der Waals surface area contributed by atoms with E-state index in [-0.39, 0.29) is 17.6 Å². The Kier molecular flexibility index (Phi) is 25.2. The second-order valence-electron chi connectivity index (χ2n) is 10.9. The molecule has 4 atom stereocenters. The van der Waals surface area contributed by atoms with E-state index in [0.29, 0.717) is 29.0 Å². The van der Waals surface area contributed by atoms with Crippen molar-refractivity contribution in [3.05, 3.63) is 48.5 Å². The predicted molar refractivity (Wildman–Crippen MR) is 230 cm³/mol. The lowest BCUT2D eigenvalue weighted by atomic mass is 10.3. The largest absolute Gasteiger partial charge is 0.492 e. The summed E-state index contributed by atoms with van der Waals surface area (Å²) in [5.74, 6) is 1.74. The van der Waals surface area contributed by atoms with Crippen LogP contribution in [0.5, 0.6) is 11.5 Å². The number of benzene rings is 2. The van der Waals surface area contributed by atoms with Gasteiger partial charge in [0.1, 0.15) is 24.7 Å². The summed E-state index contributed by atoms with van der Waals surface area (Å²) < 4.78 is 11.7. The minimum Gasteiger partial charge on any atom is -0.492 e. The van der Waals surface area contributed by atoms with Gasteiger partial charge in [0.15, 0.2) is 15.4 Å². The van der Waals surface area contributed by atoms with E-state index >= 15 is 0 Å². The van der Waals surface area contributed by atoms with E-state index in [9.17, 15) is 0 Å². The van der Waals surface area contributed by atoms with Crippen molar-refractivity contribution in [1.82, 2.24) is 9.80 Å². The summed E-state index contributed by atoms with van der Waals surface area (Å²) >= 11 is 12.5. The molecule has 2 unspecified atom stereocenters. The van der Waals surface area contributed by atoms with Crippen LogP contribution in [0, 0.1) is 5.41 Å². The third-order valence-corrected chi connectivity index (χ3v) is 9.63. The highest BCUT2D eigenvalue weighted by molar-refractivity contribution is 8.16. The lowest BCUT2D eigenvalue weighted by Gasteiger charge is -2.23. The van der Waals surface area contributed by atoms with Crippen LogP contribution in [0.4, 0.5) is 11.4 Å². The number of nitrogens with one attached hydrogen (secondary N) is 2. The predicted octanol–water partition coefficient (Wildman–Crippen LogP) is 7.28. The summed E-state index contributed by atoms with van der Waals surface area (Å²) in [5, 5.41) is 13.0. The fraction of sp³-hybridized carbons (Fsp3) is 0.500. The zero-order valence-electron chi connectivity index (χ0n) is 28.2. The number of nitrogens with zero attached hydrogens (tertiary/aromatic N) is 4. The van der Waals surface area contributed by atoms with E-state index in [0.717, 1.165) is 40.5 Å². The van der Waals surface area contributed by atoms with Crippen LogP contribution in [0.2, 0.25) is 0 Å². The van der Waals surface area contributed by atoms with Crippen LogP contribution in [-0.2, 0) is 0 Å². The molecule has 0 aliphatic carbocycles. The van der Waals surface area contributed by atoms with Gasteiger partial charge < -0.3 is 26.3 Å². The molecule has 2 saturated heterocycles. The summed E-state index contributed by atoms with van der Waals surface area (Å²) in [6, 6.07) is 16.3. The van der Waals surface area contributed by atoms with E-state index in [2.05, 4.69) is 74.8 Å². The van der Waals surface area contributed by atoms with Crippen molar-refractivity contribution in [2.24, 2.45) is 21.5 Å². The van der Waals surface area contributed by atoms with E-state index < -0.39 is 0 Å². The molecule has 0 spiro atoms. The zero-order chi connectivity index (χ0) is 35.1. The monoisotopic (exact) mass is 804 g/mol. The number of thioether (sulfide) groups is 2. The maximum Gasteiger partial charge on any atom is 0.199 e. The topological polar surface area (TPSA) is 138 Å². The molecule has 0 radical (unpaired) electrons. The molecule has 0 amide bonds. The first-order valence-electron chi connectivity index (χ1n) is 15.8. The van der Waals surface area contributed by atoms with Crippen LogP contribution >= 0.6 is 78.8 Å². The van der Waals surface area contributed by atoms with Crippen LogP contribution in [-0.4, -0.2) is 92.9 Å². The number of rotatable bonds is 12. The molecule has 0 bridgehead atoms. The first-order valence-corrected chi connectivity index (χ1v) is 20.2. The Bertz CT molecular complexity index is 1310. The first kappa shape index (κ1) is 45.5. The SMILES string of the molecule is C[C@H](COc1ccc(N=C=S)cc1)N1CCCC1.C[C@H](COc1ccc(NC(=S)N=C(N)SCP)cc1)N1CCCC1.Cl.N=C(N)SCP. The van der Waals surface area contributed by atoms with Crippen molar-refractivity contribution < 1.29 is 9.47 Å². The zero-order valence-corrected chi connectivity index (χ0v) is 34.6. The van der Waals surface area contributed by atoms with Gasteiger partial charge in [0.2, 0.25) is 0 Å². The van der Waals surface area contributed by atoms with Crippen molar-refractivity contribution >= 4 is 111 Å². The maximum absolute atomic E-state index is 6.62. The average molecular weight is 805 g/mol. The number of ether oxygens (including phenoxy) is 2. The maximum atomic E-state index is 6.62. The fourth-order valence-electron chi connectivity index (χ4n) is 4.77. The molecule has 6 N–H and O–H groups in total. The van der Waals surface area contributed by atoms with Crippen molar-refractivity contribution in [2.75, 3.05) is 55.7 Å². The molecular weight excluding hydrogens is 754 g/mol. The third kappa shape index (κ3) is 20.2. The molecule has 2 heterocycles. The Morgan fingerprint density at radius 3 is 1.71 bits per heavy atom. The first-order chi connectivity index (χ1) is 23.1. The standard InChI is InChI=1S/C16H25N4OPS2.C14H18N2OS.C2H7N2PS.ClH/c1-12(20-8-2-3-9-20)10-21-14-6-4-13(5-7-14)18-16(23)19-15(17)24-11-22;1-12(16-8-2-3-9-16)10-17-14-6-4-13(5-7-14)15-11-18;3-2(4)6-1-5;/h4-7,12H,2-3,8-11,22H2,1H3,(H3,17,18,19,23);4-7,12H,2-3,8-10H2,1H3;1,5H2,(H3,3,4);1H/t2*12-;;/m11../s1. The Labute approximate surface area is 322 Å². The lowest BCUT2D eigenvalue weighted by molar-refractivity contribution is 0.172. The Morgan fingerprint density at radius 1 is 0.878 bits per heavy atom. The van der Waals surface area contributed by atoms with Crippen molar-refractivity contribution in [3.63, 3.8) is 0 Å². The Balaban J connectivity index is 0.000000424. The molecule has 0 saturated carbocycles. The summed E-state index contributed by atoms with van der Waals surface area (Å²) in [5.41, 5.74) is 14.0. The van der Waals surface area contributed by atoms with Gasteiger partial charge in [0, 0.05) is 28.8 Å². The molecule has 2 aliphatic heterocycles. The number of halogens is 1. The molecule has 2 aromatic carbocycles. The number of hydrogen-bond acceptors (Lipinski definition) is 10. The Hall–Kier alpha value is -1.56. The van der Waals surface area contributed by atoms with E-state index in [4.69, 9.17) is 38.6 Å². The summed E-state index contributed by atoms with van der Waals surface area (Å²) in [6.45, 7) is 10.6. The van der Waals surface area contributed by atoms with Crippen molar-refractivity contribution in [2.45, 2.75) is 51.6 Å². The van der Waals surface area contributed by atoms with Crippen LogP contribution in [0.1, 0.15) is 39.5 Å². The second-order valence-corrected chi connectivity index (χ2v) is 15.6. The highest BCUT2D eigenvalue weighted by Crippen LogP contribution is 2.20. The number of nitrogens with two attached hydrogens (primary N) is 2. The molecule has 0 aromatic heterocycles. The molecule has 2 aliphatic rings. The van der Waals surface area contributed by atoms with Gasteiger partial charge in [-0.1, -0.05) is 23.5 Å². The number of likely N-dealkylation sites (tertiary alicyclic amines) is 2. The van der Waals surface area contributed by atoms with Gasteiger partial charge >= 0.3 is 0 Å². The van der Waals surface area contributed by atoms with Gasteiger partial charge in [0.05, 0.1) is 10.8 Å². The summed E-state index contributed by atoms with van der Waals surface area (Å²) in [7, 11) is 5.05. The van der Waals surface area contributed by atoms with E-state index in [1.165, 1.54) is 75.4 Å². The number of anilines is 1. The third-order valence-electron chi connectivity index (χ3n) is 7.31. The average Bonchev–Trinajstić information content (AvgIpc) is 3.81. The summed E-state index contributed by atoms with van der Waals surface area (Å²) in [6.07, 6.45) is 5.23. The number of thiocarbonyl (C=S) groups is 2. The molecule has 10 nitrogen and oxygen atoms in total. The number of isothiocyanates is 1. The smallest absolute Gasteiger partial charge is 0.199 e. The van der Waals surface area contributed by atoms with Crippen LogP contribution in [0.15, 0.2) is 58.5 Å². The molecule has 2 aromatic rings.